The van der Waals surface area contributed by atoms with Gasteiger partial charge in [0.15, 0.2) is 11.6 Å². The molecule has 2 N–H and O–H groups in total. The Morgan fingerprint density at radius 1 is 1.11 bits per heavy atom. The molecule has 1 aliphatic heterocycles. The number of rotatable bonds is 7. The monoisotopic (exact) mass is 471 g/mol. The Morgan fingerprint density at radius 3 is 2.63 bits per heavy atom. The van der Waals surface area contributed by atoms with E-state index in [1.165, 1.54) is 0 Å². The first-order valence-corrected chi connectivity index (χ1v) is 11.6. The molecule has 0 saturated carbocycles. The van der Waals surface area contributed by atoms with E-state index in [0.29, 0.717) is 42.4 Å². The lowest BCUT2D eigenvalue weighted by atomic mass is 9.89. The number of carbonyl (C=O) groups excluding carboxylic acids is 1. The van der Waals surface area contributed by atoms with Crippen molar-refractivity contribution in [3.05, 3.63) is 72.3 Å². The SMILES string of the molecule is CCC1CC(C(=O)O)CCN1c1nccnc1Oc1ccc(C(=O)c2nc3ccccc3[nH]2)cc1. The maximum absolute atomic E-state index is 12.9. The van der Waals surface area contributed by atoms with Gasteiger partial charge in [-0.05, 0) is 55.7 Å². The lowest BCUT2D eigenvalue weighted by molar-refractivity contribution is -0.142. The summed E-state index contributed by atoms with van der Waals surface area (Å²) in [7, 11) is 0. The average molecular weight is 472 g/mol. The van der Waals surface area contributed by atoms with Gasteiger partial charge in [-0.25, -0.2) is 15.0 Å². The van der Waals surface area contributed by atoms with Crippen LogP contribution in [0.15, 0.2) is 60.9 Å². The molecular weight excluding hydrogens is 446 g/mol. The first-order chi connectivity index (χ1) is 17.0. The second kappa shape index (κ2) is 9.54. The van der Waals surface area contributed by atoms with Crippen molar-refractivity contribution < 1.29 is 19.4 Å². The van der Waals surface area contributed by atoms with E-state index in [1.54, 1.807) is 36.7 Å². The highest BCUT2D eigenvalue weighted by Crippen LogP contribution is 2.35. The molecule has 2 aromatic heterocycles. The summed E-state index contributed by atoms with van der Waals surface area (Å²) in [6.45, 7) is 2.60. The minimum atomic E-state index is -0.754. The van der Waals surface area contributed by atoms with E-state index in [4.69, 9.17) is 4.74 Å². The molecule has 3 heterocycles. The number of para-hydroxylation sites is 2. The molecule has 0 spiro atoms. The molecule has 2 unspecified atom stereocenters. The van der Waals surface area contributed by atoms with E-state index in [1.807, 2.05) is 31.2 Å². The first kappa shape index (κ1) is 22.5. The number of nitrogens with zero attached hydrogens (tertiary/aromatic N) is 4. The number of H-pyrrole nitrogens is 1. The zero-order chi connectivity index (χ0) is 24.4. The van der Waals surface area contributed by atoms with Crippen molar-refractivity contribution in [2.24, 2.45) is 5.92 Å². The van der Waals surface area contributed by atoms with Crippen molar-refractivity contribution in [2.75, 3.05) is 11.4 Å². The maximum atomic E-state index is 12.9. The standard InChI is InChI=1S/C26H25N5O4/c1-2-18-15-17(26(33)34)11-14-31(18)24-25(28-13-12-27-24)35-19-9-7-16(8-10-19)22(32)23-29-20-5-3-4-6-21(20)30-23/h3-10,12-13,17-18H,2,11,14-15H2,1H3,(H,29,30)(H,33,34). The number of hydrogen-bond donors (Lipinski definition) is 2. The number of aliphatic carboxylic acids is 1. The molecule has 35 heavy (non-hydrogen) atoms. The molecule has 1 aliphatic rings. The van der Waals surface area contributed by atoms with Crippen LogP contribution in [-0.4, -0.2) is 49.4 Å². The number of fused-ring (bicyclic) bond motifs is 1. The van der Waals surface area contributed by atoms with E-state index in [2.05, 4.69) is 24.8 Å². The summed E-state index contributed by atoms with van der Waals surface area (Å²) < 4.78 is 6.05. The van der Waals surface area contributed by atoms with Gasteiger partial charge in [0.1, 0.15) is 5.75 Å². The highest BCUT2D eigenvalue weighted by atomic mass is 16.5. The molecule has 9 nitrogen and oxygen atoms in total. The smallest absolute Gasteiger partial charge is 0.306 e. The van der Waals surface area contributed by atoms with Crippen molar-refractivity contribution in [1.29, 1.82) is 0 Å². The molecular formula is C26H25N5O4. The van der Waals surface area contributed by atoms with Gasteiger partial charge in [0.25, 0.3) is 5.88 Å². The van der Waals surface area contributed by atoms with Crippen LogP contribution in [0.25, 0.3) is 11.0 Å². The topological polar surface area (TPSA) is 121 Å². The summed E-state index contributed by atoms with van der Waals surface area (Å²) >= 11 is 0. The Balaban J connectivity index is 1.34. The van der Waals surface area contributed by atoms with Crippen LogP contribution in [-0.2, 0) is 4.79 Å². The number of ether oxygens (including phenoxy) is 1. The van der Waals surface area contributed by atoms with Crippen LogP contribution in [0.1, 0.15) is 42.4 Å². The van der Waals surface area contributed by atoms with Gasteiger partial charge in [-0.2, -0.15) is 0 Å². The fourth-order valence-electron chi connectivity index (χ4n) is 4.51. The molecule has 0 bridgehead atoms. The Bertz CT molecular complexity index is 1330. The van der Waals surface area contributed by atoms with Crippen LogP contribution in [0.4, 0.5) is 5.82 Å². The minimum Gasteiger partial charge on any atom is -0.481 e. The van der Waals surface area contributed by atoms with Crippen molar-refractivity contribution >= 4 is 28.6 Å². The van der Waals surface area contributed by atoms with Crippen molar-refractivity contribution in [1.82, 2.24) is 19.9 Å². The van der Waals surface area contributed by atoms with Gasteiger partial charge in [-0.3, -0.25) is 9.59 Å². The second-order valence-corrected chi connectivity index (χ2v) is 8.56. The zero-order valence-electron chi connectivity index (χ0n) is 19.2. The lowest BCUT2D eigenvalue weighted by Gasteiger charge is -2.38. The van der Waals surface area contributed by atoms with Crippen LogP contribution < -0.4 is 9.64 Å². The van der Waals surface area contributed by atoms with Crippen LogP contribution >= 0.6 is 0 Å². The van der Waals surface area contributed by atoms with Gasteiger partial charge < -0.3 is 19.7 Å². The predicted molar refractivity (Wildman–Crippen MR) is 130 cm³/mol. The maximum Gasteiger partial charge on any atom is 0.306 e. The molecule has 2 atom stereocenters. The van der Waals surface area contributed by atoms with Gasteiger partial charge in [0.2, 0.25) is 5.78 Å². The molecule has 4 aromatic rings. The molecule has 9 heteroatoms. The van der Waals surface area contributed by atoms with E-state index < -0.39 is 5.97 Å². The van der Waals surface area contributed by atoms with Crippen molar-refractivity contribution in [3.63, 3.8) is 0 Å². The third-order valence-corrected chi connectivity index (χ3v) is 6.39. The Kier molecular flexibility index (Phi) is 6.13. The zero-order valence-corrected chi connectivity index (χ0v) is 19.2. The number of aromatic amines is 1. The van der Waals surface area contributed by atoms with Gasteiger partial charge in [0.05, 0.1) is 17.0 Å². The molecule has 0 aliphatic carbocycles. The molecule has 1 fully saturated rings. The number of carbonyl (C=O) groups is 2. The molecule has 0 amide bonds. The fraction of sp³-hybridized carbons (Fsp3) is 0.269. The van der Waals surface area contributed by atoms with Crippen LogP contribution in [0.2, 0.25) is 0 Å². The van der Waals surface area contributed by atoms with E-state index in [0.717, 1.165) is 17.5 Å². The number of nitrogens with one attached hydrogen (secondary N) is 1. The Labute approximate surface area is 201 Å². The number of piperidine rings is 1. The highest BCUT2D eigenvalue weighted by Gasteiger charge is 2.33. The fourth-order valence-corrected chi connectivity index (χ4v) is 4.51. The number of carboxylic acid groups (broad SMARTS) is 1. The molecule has 0 radical (unpaired) electrons. The number of hydrogen-bond acceptors (Lipinski definition) is 7. The van der Waals surface area contributed by atoms with Crippen molar-refractivity contribution in [2.45, 2.75) is 32.2 Å². The third-order valence-electron chi connectivity index (χ3n) is 6.39. The van der Waals surface area contributed by atoms with Crippen LogP contribution in [0.3, 0.4) is 0 Å². The summed E-state index contributed by atoms with van der Waals surface area (Å²) in [4.78, 5) is 42.8. The number of ketones is 1. The normalized spacial score (nSPS) is 17.9. The largest absolute Gasteiger partial charge is 0.481 e. The second-order valence-electron chi connectivity index (χ2n) is 8.56. The number of carboxylic acids is 1. The van der Waals surface area contributed by atoms with Gasteiger partial charge in [-0.1, -0.05) is 19.1 Å². The molecule has 2 aromatic carbocycles. The van der Waals surface area contributed by atoms with Gasteiger partial charge >= 0.3 is 5.97 Å². The quantitative estimate of drug-likeness (QED) is 0.379. The lowest BCUT2D eigenvalue weighted by Crippen LogP contribution is -2.44. The summed E-state index contributed by atoms with van der Waals surface area (Å²) in [5.74, 6) is 0.416. The predicted octanol–water partition coefficient (Wildman–Crippen LogP) is 4.46. The highest BCUT2D eigenvalue weighted by molar-refractivity contribution is 6.08. The van der Waals surface area contributed by atoms with Gasteiger partial charge in [-0.15, -0.1) is 0 Å². The summed E-state index contributed by atoms with van der Waals surface area (Å²) in [5, 5.41) is 9.43. The Hall–Kier alpha value is -4.27. The third kappa shape index (κ3) is 4.57. The van der Waals surface area contributed by atoms with Crippen molar-refractivity contribution in [3.8, 4) is 11.6 Å². The van der Waals surface area contributed by atoms with Crippen LogP contribution in [0.5, 0.6) is 11.6 Å². The average Bonchev–Trinajstić information content (AvgIpc) is 3.33. The molecule has 5 rings (SSSR count). The van der Waals surface area contributed by atoms with Crippen LogP contribution in [0, 0.1) is 5.92 Å². The number of imidazole rings is 1. The first-order valence-electron chi connectivity index (χ1n) is 11.6. The van der Waals surface area contributed by atoms with E-state index in [9.17, 15) is 14.7 Å². The summed E-state index contributed by atoms with van der Waals surface area (Å²) in [6.07, 6.45) is 5.05. The summed E-state index contributed by atoms with van der Waals surface area (Å²) in [5.41, 5.74) is 2.03. The molecule has 178 valence electrons. The minimum absolute atomic E-state index is 0.0349. The van der Waals surface area contributed by atoms with E-state index >= 15 is 0 Å². The molecule has 1 saturated heterocycles. The number of anilines is 1. The number of benzene rings is 2. The summed E-state index contributed by atoms with van der Waals surface area (Å²) in [6, 6.07) is 14.3. The van der Waals surface area contributed by atoms with E-state index in [-0.39, 0.29) is 23.6 Å². The number of aromatic nitrogens is 4. The Morgan fingerprint density at radius 2 is 1.89 bits per heavy atom. The van der Waals surface area contributed by atoms with Gasteiger partial charge in [0, 0.05) is 30.5 Å².